The Bertz CT molecular complexity index is 125. The highest BCUT2D eigenvalue weighted by Crippen LogP contribution is 2.20. The Morgan fingerprint density at radius 1 is 1.14 bits per heavy atom. The molecule has 0 aliphatic heterocycles. The molecule has 0 aliphatic rings. The lowest BCUT2D eigenvalue weighted by atomic mass is 9.88. The third-order valence-corrected chi connectivity index (χ3v) is 2.94. The van der Waals surface area contributed by atoms with Crippen LogP contribution < -0.4 is 5.32 Å². The van der Waals surface area contributed by atoms with Gasteiger partial charge in [0.15, 0.2) is 0 Å². The quantitative estimate of drug-likeness (QED) is 0.555. The van der Waals surface area contributed by atoms with E-state index in [0.29, 0.717) is 6.04 Å². The van der Waals surface area contributed by atoms with E-state index in [-0.39, 0.29) is 0 Å². The molecule has 0 aliphatic carbocycles. The molecule has 0 fully saturated rings. The maximum absolute atomic E-state index is 3.79. The molecule has 14 heavy (non-hydrogen) atoms. The van der Waals surface area contributed by atoms with E-state index < -0.39 is 0 Å². The smallest absolute Gasteiger partial charge is 0.00952 e. The van der Waals surface area contributed by atoms with Crippen molar-refractivity contribution >= 4 is 0 Å². The molecule has 0 saturated heterocycles. The summed E-state index contributed by atoms with van der Waals surface area (Å²) in [6, 6.07) is 0.688. The van der Waals surface area contributed by atoms with Crippen LogP contribution in [-0.2, 0) is 0 Å². The van der Waals surface area contributed by atoms with Crippen molar-refractivity contribution < 1.29 is 0 Å². The molecule has 0 spiro atoms. The molecule has 1 atom stereocenters. The van der Waals surface area contributed by atoms with Crippen molar-refractivity contribution in [3.8, 4) is 0 Å². The highest BCUT2D eigenvalue weighted by atomic mass is 14.9. The average molecular weight is 197 g/mol. The van der Waals surface area contributed by atoms with Gasteiger partial charge in [0.1, 0.15) is 0 Å². The van der Waals surface area contributed by atoms with Crippen LogP contribution in [0.1, 0.15) is 52.4 Å². The number of nitrogens with one attached hydrogen (secondary N) is 1. The molecule has 1 nitrogen and oxygen atoms in total. The van der Waals surface area contributed by atoms with E-state index in [4.69, 9.17) is 0 Å². The summed E-state index contributed by atoms with van der Waals surface area (Å²) < 4.78 is 0. The maximum Gasteiger partial charge on any atom is 0.00952 e. The topological polar surface area (TPSA) is 12.0 Å². The Labute approximate surface area is 90.0 Å². The Kier molecular flexibility index (Phi) is 9.06. The van der Waals surface area contributed by atoms with Crippen LogP contribution in [0.4, 0.5) is 0 Å². The van der Waals surface area contributed by atoms with Crippen LogP contribution in [0.5, 0.6) is 0 Å². The highest BCUT2D eigenvalue weighted by Gasteiger charge is 2.17. The van der Waals surface area contributed by atoms with Crippen molar-refractivity contribution in [2.75, 3.05) is 7.05 Å². The van der Waals surface area contributed by atoms with Crippen LogP contribution in [-0.4, -0.2) is 13.1 Å². The van der Waals surface area contributed by atoms with E-state index in [1.807, 2.05) is 6.08 Å². The van der Waals surface area contributed by atoms with E-state index in [0.717, 1.165) is 12.3 Å². The highest BCUT2D eigenvalue weighted by molar-refractivity contribution is 4.78. The molecule has 0 aromatic rings. The van der Waals surface area contributed by atoms with Gasteiger partial charge in [-0.1, -0.05) is 32.8 Å². The Hall–Kier alpha value is -0.300. The lowest BCUT2D eigenvalue weighted by molar-refractivity contribution is 0.311. The summed E-state index contributed by atoms with van der Waals surface area (Å²) >= 11 is 0. The molecule has 0 heterocycles. The fourth-order valence-electron chi connectivity index (χ4n) is 2.20. The number of allylic oxidation sites excluding steroid dienone is 1. The van der Waals surface area contributed by atoms with Gasteiger partial charge in [-0.05, 0) is 38.6 Å². The van der Waals surface area contributed by atoms with Gasteiger partial charge >= 0.3 is 0 Å². The van der Waals surface area contributed by atoms with Crippen molar-refractivity contribution in [1.29, 1.82) is 0 Å². The molecule has 0 rings (SSSR count). The van der Waals surface area contributed by atoms with E-state index in [9.17, 15) is 0 Å². The SMILES string of the molecule is C=CCCC(NC)C(CCC)CCC. The Balaban J connectivity index is 4.02. The standard InChI is InChI=1S/C13H27N/c1-5-8-11-13(14-4)12(9-6-2)10-7-3/h5,12-14H,1,6-11H2,2-4H3. The third kappa shape index (κ3) is 5.43. The zero-order valence-electron chi connectivity index (χ0n) is 10.2. The fraction of sp³-hybridized carbons (Fsp3) is 0.846. The molecule has 0 radical (unpaired) electrons. The number of hydrogen-bond acceptors (Lipinski definition) is 1. The van der Waals surface area contributed by atoms with Gasteiger partial charge in [0.2, 0.25) is 0 Å². The third-order valence-electron chi connectivity index (χ3n) is 2.94. The van der Waals surface area contributed by atoms with Gasteiger partial charge < -0.3 is 5.32 Å². The van der Waals surface area contributed by atoms with Gasteiger partial charge in [0, 0.05) is 6.04 Å². The van der Waals surface area contributed by atoms with Crippen LogP contribution in [0.15, 0.2) is 12.7 Å². The van der Waals surface area contributed by atoms with Gasteiger partial charge in [0.25, 0.3) is 0 Å². The van der Waals surface area contributed by atoms with E-state index in [1.165, 1.54) is 32.1 Å². The predicted molar refractivity (Wildman–Crippen MR) is 65.6 cm³/mol. The number of hydrogen-bond donors (Lipinski definition) is 1. The van der Waals surface area contributed by atoms with E-state index >= 15 is 0 Å². The molecule has 1 unspecified atom stereocenters. The lowest BCUT2D eigenvalue weighted by Crippen LogP contribution is -2.33. The van der Waals surface area contributed by atoms with Crippen LogP contribution in [0.25, 0.3) is 0 Å². The average Bonchev–Trinajstić information content (AvgIpc) is 2.19. The van der Waals surface area contributed by atoms with Crippen LogP contribution in [0, 0.1) is 5.92 Å². The van der Waals surface area contributed by atoms with Gasteiger partial charge in [-0.3, -0.25) is 0 Å². The largest absolute Gasteiger partial charge is 0.317 e. The van der Waals surface area contributed by atoms with Crippen molar-refractivity contribution in [2.24, 2.45) is 5.92 Å². The summed E-state index contributed by atoms with van der Waals surface area (Å²) in [5, 5.41) is 3.46. The van der Waals surface area contributed by atoms with E-state index in [1.54, 1.807) is 0 Å². The summed E-state index contributed by atoms with van der Waals surface area (Å²) in [6.45, 7) is 8.35. The molecule has 1 heteroatoms. The maximum atomic E-state index is 3.79. The molecule has 0 aromatic carbocycles. The Morgan fingerprint density at radius 2 is 1.71 bits per heavy atom. The van der Waals surface area contributed by atoms with Gasteiger partial charge in [-0.25, -0.2) is 0 Å². The summed E-state index contributed by atoms with van der Waals surface area (Å²) in [5.41, 5.74) is 0. The first-order valence-electron chi connectivity index (χ1n) is 6.08. The van der Waals surface area contributed by atoms with E-state index in [2.05, 4.69) is 32.8 Å². The number of rotatable bonds is 9. The second-order valence-electron chi connectivity index (χ2n) is 4.10. The van der Waals surface area contributed by atoms with Crippen LogP contribution in [0.2, 0.25) is 0 Å². The first kappa shape index (κ1) is 13.7. The summed E-state index contributed by atoms with van der Waals surface area (Å²) in [7, 11) is 2.09. The zero-order chi connectivity index (χ0) is 10.8. The van der Waals surface area contributed by atoms with Crippen LogP contribution >= 0.6 is 0 Å². The minimum absolute atomic E-state index is 0.688. The molecular weight excluding hydrogens is 170 g/mol. The van der Waals surface area contributed by atoms with Crippen molar-refractivity contribution in [3.63, 3.8) is 0 Å². The molecule has 0 saturated carbocycles. The van der Waals surface area contributed by atoms with Gasteiger partial charge in [-0.2, -0.15) is 0 Å². The predicted octanol–water partition coefficient (Wildman–Crippen LogP) is 3.76. The molecule has 0 amide bonds. The van der Waals surface area contributed by atoms with Gasteiger partial charge in [-0.15, -0.1) is 6.58 Å². The van der Waals surface area contributed by atoms with Crippen molar-refractivity contribution in [3.05, 3.63) is 12.7 Å². The molecule has 0 aromatic heterocycles. The second-order valence-corrected chi connectivity index (χ2v) is 4.10. The van der Waals surface area contributed by atoms with Gasteiger partial charge in [0.05, 0.1) is 0 Å². The summed E-state index contributed by atoms with van der Waals surface area (Å²) in [6.07, 6.45) is 9.72. The van der Waals surface area contributed by atoms with Crippen LogP contribution in [0.3, 0.4) is 0 Å². The lowest BCUT2D eigenvalue weighted by Gasteiger charge is -2.26. The minimum Gasteiger partial charge on any atom is -0.317 e. The monoisotopic (exact) mass is 197 g/mol. The molecule has 84 valence electrons. The minimum atomic E-state index is 0.688. The molecule has 0 bridgehead atoms. The first-order chi connectivity index (χ1) is 6.79. The van der Waals surface area contributed by atoms with Crippen molar-refractivity contribution in [1.82, 2.24) is 5.32 Å². The second kappa shape index (κ2) is 9.26. The van der Waals surface area contributed by atoms with Crippen molar-refractivity contribution in [2.45, 2.75) is 58.4 Å². The first-order valence-corrected chi connectivity index (χ1v) is 6.08. The molecular formula is C13H27N. The zero-order valence-corrected chi connectivity index (χ0v) is 10.2. The molecule has 1 N–H and O–H groups in total. The summed E-state index contributed by atoms with van der Waals surface area (Å²) in [4.78, 5) is 0. The summed E-state index contributed by atoms with van der Waals surface area (Å²) in [5.74, 6) is 0.856. The normalized spacial score (nSPS) is 13.1. The fourth-order valence-corrected chi connectivity index (χ4v) is 2.20. The Morgan fingerprint density at radius 3 is 2.07 bits per heavy atom.